The van der Waals surface area contributed by atoms with Crippen molar-refractivity contribution in [3.8, 4) is 5.75 Å². The minimum Gasteiger partial charge on any atom is -0.493 e. The summed E-state index contributed by atoms with van der Waals surface area (Å²) in [4.78, 5) is 14.6. The van der Waals surface area contributed by atoms with Gasteiger partial charge in [-0.3, -0.25) is 9.89 Å². The van der Waals surface area contributed by atoms with Crippen molar-refractivity contribution >= 4 is 17.7 Å². The minimum absolute atomic E-state index is 0.0438. The number of thioether (sulfide) groups is 1. The molecule has 0 aliphatic carbocycles. The largest absolute Gasteiger partial charge is 0.493 e. The molecule has 0 unspecified atom stereocenters. The highest BCUT2D eigenvalue weighted by atomic mass is 32.2. The van der Waals surface area contributed by atoms with Crippen LogP contribution in [0.3, 0.4) is 0 Å². The van der Waals surface area contributed by atoms with Gasteiger partial charge in [0.25, 0.3) is 0 Å². The van der Waals surface area contributed by atoms with Gasteiger partial charge in [0.1, 0.15) is 11.6 Å². The Labute approximate surface area is 114 Å². The molecule has 0 aliphatic rings. The van der Waals surface area contributed by atoms with E-state index in [2.05, 4.69) is 15.2 Å². The third-order valence-electron chi connectivity index (χ3n) is 2.19. The maximum Gasteiger partial charge on any atom is 0.313 e. The maximum absolute atomic E-state index is 10.4. The van der Waals surface area contributed by atoms with E-state index >= 15 is 0 Å². The topological polar surface area (TPSA) is 88.1 Å². The van der Waals surface area contributed by atoms with Crippen molar-refractivity contribution in [3.05, 3.63) is 36.2 Å². The van der Waals surface area contributed by atoms with Crippen LogP contribution in [0.1, 0.15) is 5.82 Å². The Balaban J connectivity index is 1.76. The summed E-state index contributed by atoms with van der Waals surface area (Å²) in [5, 5.41) is 15.7. The van der Waals surface area contributed by atoms with Crippen LogP contribution in [0.4, 0.5) is 0 Å². The fourth-order valence-electron chi connectivity index (χ4n) is 1.36. The van der Waals surface area contributed by atoms with Gasteiger partial charge in [-0.25, -0.2) is 4.98 Å². The SMILES string of the molecule is O=C(O)CSc1n[nH]c(CCOc2ccccc2)n1. The standard InChI is InChI=1S/C12H13N3O3S/c16-11(17)8-19-12-13-10(14-15-12)6-7-18-9-4-2-1-3-5-9/h1-5H,6-8H2,(H,16,17)(H,13,14,15). The van der Waals surface area contributed by atoms with Crippen LogP contribution in [0.15, 0.2) is 35.5 Å². The number of aromatic amines is 1. The molecular formula is C12H13N3O3S. The zero-order valence-corrected chi connectivity index (χ0v) is 10.9. The van der Waals surface area contributed by atoms with Gasteiger partial charge in [0.2, 0.25) is 5.16 Å². The second-order valence-corrected chi connectivity index (χ2v) is 4.60. The van der Waals surface area contributed by atoms with Crippen molar-refractivity contribution < 1.29 is 14.6 Å². The lowest BCUT2D eigenvalue weighted by Crippen LogP contribution is -2.02. The van der Waals surface area contributed by atoms with Crippen LogP contribution >= 0.6 is 11.8 Å². The minimum atomic E-state index is -0.885. The molecule has 0 saturated heterocycles. The van der Waals surface area contributed by atoms with Gasteiger partial charge in [-0.15, -0.1) is 5.10 Å². The summed E-state index contributed by atoms with van der Waals surface area (Å²) in [5.74, 6) is 0.563. The first kappa shape index (κ1) is 13.4. The Morgan fingerprint density at radius 2 is 2.16 bits per heavy atom. The summed E-state index contributed by atoms with van der Waals surface area (Å²) in [6.45, 7) is 0.488. The predicted octanol–water partition coefficient (Wildman–Crippen LogP) is 1.60. The van der Waals surface area contributed by atoms with E-state index in [1.165, 1.54) is 0 Å². The van der Waals surface area contributed by atoms with Crippen LogP contribution < -0.4 is 4.74 Å². The van der Waals surface area contributed by atoms with E-state index in [1.807, 2.05) is 30.3 Å². The number of nitrogens with one attached hydrogen (secondary N) is 1. The molecule has 0 radical (unpaired) electrons. The maximum atomic E-state index is 10.4. The number of aliphatic carboxylic acids is 1. The van der Waals surface area contributed by atoms with Gasteiger partial charge >= 0.3 is 5.97 Å². The van der Waals surface area contributed by atoms with Crippen molar-refractivity contribution in [1.29, 1.82) is 0 Å². The van der Waals surface area contributed by atoms with E-state index in [0.29, 0.717) is 24.0 Å². The first-order chi connectivity index (χ1) is 9.24. The first-order valence-corrected chi connectivity index (χ1v) is 6.66. The van der Waals surface area contributed by atoms with Crippen LogP contribution in [0.5, 0.6) is 5.75 Å². The van der Waals surface area contributed by atoms with Gasteiger partial charge in [-0.2, -0.15) is 0 Å². The molecule has 0 spiro atoms. The van der Waals surface area contributed by atoms with Crippen LogP contribution in [0, 0.1) is 0 Å². The molecule has 1 heterocycles. The quantitative estimate of drug-likeness (QED) is 0.748. The number of carboxylic acids is 1. The van der Waals surface area contributed by atoms with E-state index in [-0.39, 0.29) is 5.75 Å². The van der Waals surface area contributed by atoms with Crippen molar-refractivity contribution in [2.45, 2.75) is 11.6 Å². The molecule has 2 rings (SSSR count). The fraction of sp³-hybridized carbons (Fsp3) is 0.250. The van der Waals surface area contributed by atoms with Crippen LogP contribution in [-0.2, 0) is 11.2 Å². The lowest BCUT2D eigenvalue weighted by molar-refractivity contribution is -0.133. The van der Waals surface area contributed by atoms with Gasteiger partial charge in [0.15, 0.2) is 0 Å². The first-order valence-electron chi connectivity index (χ1n) is 5.68. The molecule has 1 aromatic heterocycles. The molecule has 2 N–H and O–H groups in total. The monoisotopic (exact) mass is 279 g/mol. The Bertz CT molecular complexity index is 530. The number of ether oxygens (including phenoxy) is 1. The highest BCUT2D eigenvalue weighted by Crippen LogP contribution is 2.12. The lowest BCUT2D eigenvalue weighted by Gasteiger charge is -2.03. The number of carbonyl (C=O) groups is 1. The van der Waals surface area contributed by atoms with Crippen molar-refractivity contribution in [1.82, 2.24) is 15.2 Å². The van der Waals surface area contributed by atoms with Crippen molar-refractivity contribution in [2.75, 3.05) is 12.4 Å². The predicted molar refractivity (Wildman–Crippen MR) is 70.4 cm³/mol. The molecule has 7 heteroatoms. The molecule has 1 aromatic carbocycles. The zero-order valence-electron chi connectivity index (χ0n) is 10.1. The van der Waals surface area contributed by atoms with Crippen molar-refractivity contribution in [2.24, 2.45) is 0 Å². The number of rotatable bonds is 7. The van der Waals surface area contributed by atoms with Gasteiger partial charge < -0.3 is 9.84 Å². The second kappa shape index (κ2) is 6.79. The average molecular weight is 279 g/mol. The van der Waals surface area contributed by atoms with Crippen molar-refractivity contribution in [3.63, 3.8) is 0 Å². The van der Waals surface area contributed by atoms with E-state index < -0.39 is 5.97 Å². The molecule has 19 heavy (non-hydrogen) atoms. The summed E-state index contributed by atoms with van der Waals surface area (Å²) < 4.78 is 5.53. The summed E-state index contributed by atoms with van der Waals surface area (Å²) >= 11 is 1.09. The molecule has 0 saturated carbocycles. The highest BCUT2D eigenvalue weighted by molar-refractivity contribution is 7.99. The van der Waals surface area contributed by atoms with Crippen LogP contribution in [0.25, 0.3) is 0 Å². The number of benzene rings is 1. The molecule has 0 fully saturated rings. The number of H-pyrrole nitrogens is 1. The van der Waals surface area contributed by atoms with Gasteiger partial charge in [0.05, 0.1) is 12.4 Å². The van der Waals surface area contributed by atoms with Crippen LogP contribution in [0.2, 0.25) is 0 Å². The summed E-state index contributed by atoms with van der Waals surface area (Å²) in [5.41, 5.74) is 0. The molecule has 2 aromatic rings. The molecule has 0 atom stereocenters. The third kappa shape index (κ3) is 4.63. The van der Waals surface area contributed by atoms with Gasteiger partial charge in [-0.05, 0) is 12.1 Å². The third-order valence-corrected chi connectivity index (χ3v) is 3.02. The van der Waals surface area contributed by atoms with Gasteiger partial charge in [-0.1, -0.05) is 30.0 Å². The molecule has 6 nitrogen and oxygen atoms in total. The molecule has 0 bridgehead atoms. The number of nitrogens with zero attached hydrogens (tertiary/aromatic N) is 2. The molecular weight excluding hydrogens is 266 g/mol. The zero-order chi connectivity index (χ0) is 13.5. The number of hydrogen-bond donors (Lipinski definition) is 2. The second-order valence-electron chi connectivity index (χ2n) is 3.66. The Kier molecular flexibility index (Phi) is 4.79. The number of carboxylic acid groups (broad SMARTS) is 1. The Hall–Kier alpha value is -2.02. The molecule has 0 amide bonds. The lowest BCUT2D eigenvalue weighted by atomic mass is 10.3. The average Bonchev–Trinajstić information content (AvgIpc) is 2.86. The van der Waals surface area contributed by atoms with E-state index in [9.17, 15) is 4.79 Å². The van der Waals surface area contributed by atoms with Gasteiger partial charge in [0, 0.05) is 6.42 Å². The highest BCUT2D eigenvalue weighted by Gasteiger charge is 2.06. The number of aromatic nitrogens is 3. The van der Waals surface area contributed by atoms with E-state index in [0.717, 1.165) is 17.5 Å². The van der Waals surface area contributed by atoms with E-state index in [1.54, 1.807) is 0 Å². The summed E-state index contributed by atoms with van der Waals surface area (Å²) in [6, 6.07) is 9.51. The number of para-hydroxylation sites is 1. The summed E-state index contributed by atoms with van der Waals surface area (Å²) in [6.07, 6.45) is 0.593. The normalized spacial score (nSPS) is 10.3. The van der Waals surface area contributed by atoms with Crippen LogP contribution in [-0.4, -0.2) is 38.6 Å². The summed E-state index contributed by atoms with van der Waals surface area (Å²) in [7, 11) is 0. The molecule has 100 valence electrons. The molecule has 0 aliphatic heterocycles. The Morgan fingerprint density at radius 1 is 1.37 bits per heavy atom. The smallest absolute Gasteiger partial charge is 0.313 e. The van der Waals surface area contributed by atoms with E-state index in [4.69, 9.17) is 9.84 Å². The number of hydrogen-bond acceptors (Lipinski definition) is 5. The fourth-order valence-corrected chi connectivity index (χ4v) is 1.90. The Morgan fingerprint density at radius 3 is 2.89 bits per heavy atom.